The molecular formula is C10H9Cl3FN3OS. The number of hydrogen-bond donors (Lipinski definition) is 1. The maximum atomic E-state index is 13.2. The Bertz CT molecular complexity index is 499. The molecule has 0 spiro atoms. The molecule has 1 aromatic rings. The highest BCUT2D eigenvalue weighted by atomic mass is 35.5. The Morgan fingerprint density at radius 1 is 1.47 bits per heavy atom. The zero-order valence-corrected chi connectivity index (χ0v) is 12.7. The van der Waals surface area contributed by atoms with Crippen LogP contribution in [0.15, 0.2) is 24.3 Å². The third-order valence-corrected chi connectivity index (χ3v) is 3.65. The van der Waals surface area contributed by atoms with E-state index in [4.69, 9.17) is 34.8 Å². The van der Waals surface area contributed by atoms with Gasteiger partial charge >= 0.3 is 9.95 Å². The van der Waals surface area contributed by atoms with Crippen molar-refractivity contribution in [1.29, 1.82) is 0 Å². The molecule has 1 aliphatic heterocycles. The lowest BCUT2D eigenvalue weighted by Gasteiger charge is -2.19. The van der Waals surface area contributed by atoms with Crippen molar-refractivity contribution in [1.82, 2.24) is 9.84 Å². The van der Waals surface area contributed by atoms with E-state index in [9.17, 15) is 9.18 Å². The van der Waals surface area contributed by atoms with Gasteiger partial charge in [0.1, 0.15) is 6.17 Å². The maximum absolute atomic E-state index is 13.2. The molecule has 0 aliphatic carbocycles. The van der Waals surface area contributed by atoms with Crippen molar-refractivity contribution in [3.05, 3.63) is 29.3 Å². The topological polar surface area (TPSA) is 35.6 Å². The van der Waals surface area contributed by atoms with Gasteiger partial charge in [-0.25, -0.2) is 4.79 Å². The molecule has 1 saturated heterocycles. The molecule has 1 aliphatic rings. The number of nitrogens with zero attached hydrogens (tertiary/aromatic N) is 2. The van der Waals surface area contributed by atoms with Gasteiger partial charge < -0.3 is 0 Å². The second kappa shape index (κ2) is 5.54. The number of anilines is 1. The summed E-state index contributed by atoms with van der Waals surface area (Å²) < 4.78 is 11.5. The molecule has 1 N–H and O–H groups in total. The Morgan fingerprint density at radius 2 is 2.16 bits per heavy atom. The highest BCUT2D eigenvalue weighted by molar-refractivity contribution is 8.01. The largest absolute Gasteiger partial charge is 0.350 e. The fourth-order valence-electron chi connectivity index (χ4n) is 1.68. The van der Waals surface area contributed by atoms with E-state index in [1.807, 2.05) is 0 Å². The van der Waals surface area contributed by atoms with Crippen LogP contribution in [0.2, 0.25) is 5.02 Å². The summed E-state index contributed by atoms with van der Waals surface area (Å²) in [6, 6.07) is 6.29. The van der Waals surface area contributed by atoms with E-state index in [2.05, 4.69) is 5.43 Å². The molecule has 19 heavy (non-hydrogen) atoms. The molecule has 0 bridgehead atoms. The van der Waals surface area contributed by atoms with Crippen molar-refractivity contribution in [3.8, 4) is 0 Å². The number of carbonyl (C=O) groups excluding carboxylic acids is 1. The number of alkyl halides is 3. The Morgan fingerprint density at radius 3 is 2.74 bits per heavy atom. The number of rotatable bonds is 3. The lowest BCUT2D eigenvalue weighted by molar-refractivity contribution is 0.235. The molecule has 0 saturated carbocycles. The molecule has 1 unspecified atom stereocenters. The maximum Gasteiger partial charge on any atom is 0.350 e. The van der Waals surface area contributed by atoms with Crippen LogP contribution < -0.4 is 10.3 Å². The molecule has 2 rings (SSSR count). The van der Waals surface area contributed by atoms with Crippen molar-refractivity contribution in [2.75, 3.05) is 4.90 Å². The Hall–Kier alpha value is -0.400. The van der Waals surface area contributed by atoms with Gasteiger partial charge in [0.2, 0.25) is 0 Å². The molecule has 1 heterocycles. The van der Waals surface area contributed by atoms with Crippen LogP contribution in [0.3, 0.4) is 0 Å². The molecule has 104 valence electrons. The first kappa shape index (κ1) is 15.0. The minimum atomic E-state index is -2.59. The highest BCUT2D eigenvalue weighted by Gasteiger charge is 2.41. The molecule has 2 amide bonds. The summed E-state index contributed by atoms with van der Waals surface area (Å²) in [6.07, 6.45) is -0.380. The van der Waals surface area contributed by atoms with Crippen LogP contribution in [0, 0.1) is 0 Å². The number of benzene rings is 1. The normalized spacial score (nSPS) is 20.3. The molecule has 1 aromatic carbocycles. The van der Waals surface area contributed by atoms with Gasteiger partial charge in [-0.3, -0.25) is 4.90 Å². The van der Waals surface area contributed by atoms with E-state index in [1.54, 1.807) is 31.2 Å². The molecule has 0 aromatic heterocycles. The van der Waals surface area contributed by atoms with Gasteiger partial charge in [0.15, 0.2) is 0 Å². The Kier molecular flexibility index (Phi) is 4.37. The van der Waals surface area contributed by atoms with Gasteiger partial charge in [0.25, 0.3) is 0 Å². The number of hydrogen-bond acceptors (Lipinski definition) is 3. The van der Waals surface area contributed by atoms with Crippen LogP contribution in [-0.2, 0) is 0 Å². The number of halogens is 4. The van der Waals surface area contributed by atoms with Gasteiger partial charge in [0.05, 0.1) is 0 Å². The Labute approximate surface area is 128 Å². The minimum Gasteiger partial charge on any atom is -0.275 e. The van der Waals surface area contributed by atoms with Crippen molar-refractivity contribution < 1.29 is 9.18 Å². The quantitative estimate of drug-likeness (QED) is 0.661. The number of urea groups is 1. The third-order valence-electron chi connectivity index (χ3n) is 2.35. The van der Waals surface area contributed by atoms with Gasteiger partial charge in [-0.2, -0.15) is 14.2 Å². The Balaban J connectivity index is 2.21. The summed E-state index contributed by atoms with van der Waals surface area (Å²) in [5.74, 6) is 0. The smallest absolute Gasteiger partial charge is 0.275 e. The fourth-order valence-corrected chi connectivity index (χ4v) is 2.85. The van der Waals surface area contributed by atoms with Crippen LogP contribution in [-0.4, -0.2) is 20.5 Å². The van der Waals surface area contributed by atoms with E-state index in [0.717, 1.165) is 4.41 Å². The molecule has 4 nitrogen and oxygen atoms in total. The zero-order valence-electron chi connectivity index (χ0n) is 9.61. The van der Waals surface area contributed by atoms with E-state index < -0.39 is 9.95 Å². The summed E-state index contributed by atoms with van der Waals surface area (Å²) in [5, 5.41) is 0.498. The second-order valence-electron chi connectivity index (χ2n) is 3.77. The fraction of sp³-hybridized carbons (Fsp3) is 0.300. The van der Waals surface area contributed by atoms with E-state index in [0.29, 0.717) is 22.7 Å². The molecule has 1 fully saturated rings. The van der Waals surface area contributed by atoms with Crippen LogP contribution in [0.25, 0.3) is 0 Å². The van der Waals surface area contributed by atoms with E-state index in [1.165, 1.54) is 4.90 Å². The molecular weight excluding hydrogens is 336 g/mol. The molecule has 1 atom stereocenters. The average Bonchev–Trinajstić information content (AvgIpc) is 2.51. The SMILES string of the molecule is CC1NN(SC(F)(Cl)Cl)C(=O)N1c1cccc(Cl)c1. The monoisotopic (exact) mass is 343 g/mol. The minimum absolute atomic E-state index is 0.341. The van der Waals surface area contributed by atoms with Crippen LogP contribution in [0.4, 0.5) is 14.9 Å². The first-order chi connectivity index (χ1) is 8.78. The highest BCUT2D eigenvalue weighted by Crippen LogP contribution is 2.40. The number of carbonyl (C=O) groups is 1. The molecule has 9 heteroatoms. The second-order valence-corrected chi connectivity index (χ2v) is 7.00. The summed E-state index contributed by atoms with van der Waals surface area (Å²) >= 11 is 16.7. The van der Waals surface area contributed by atoms with Crippen molar-refractivity contribution >= 4 is 58.5 Å². The first-order valence-electron chi connectivity index (χ1n) is 5.19. The zero-order chi connectivity index (χ0) is 14.2. The van der Waals surface area contributed by atoms with Gasteiger partial charge in [-0.15, -0.1) is 0 Å². The third kappa shape index (κ3) is 3.58. The first-order valence-corrected chi connectivity index (χ1v) is 7.09. The molecule has 0 radical (unpaired) electrons. The van der Waals surface area contributed by atoms with Crippen LogP contribution in [0.1, 0.15) is 6.92 Å². The van der Waals surface area contributed by atoms with Crippen molar-refractivity contribution in [3.63, 3.8) is 0 Å². The van der Waals surface area contributed by atoms with E-state index in [-0.39, 0.29) is 6.17 Å². The van der Waals surface area contributed by atoms with Crippen LogP contribution in [0.5, 0.6) is 0 Å². The number of nitrogens with one attached hydrogen (secondary N) is 1. The van der Waals surface area contributed by atoms with Gasteiger partial charge in [-0.1, -0.05) is 40.9 Å². The van der Waals surface area contributed by atoms with Crippen LogP contribution >= 0.6 is 46.8 Å². The van der Waals surface area contributed by atoms with E-state index >= 15 is 0 Å². The number of hydrazine groups is 1. The van der Waals surface area contributed by atoms with Gasteiger partial charge in [-0.05, 0) is 25.1 Å². The van der Waals surface area contributed by atoms with Crippen molar-refractivity contribution in [2.45, 2.75) is 17.0 Å². The predicted octanol–water partition coefficient (Wildman–Crippen LogP) is 4.14. The summed E-state index contributed by atoms with van der Waals surface area (Å²) in [4.78, 5) is 13.6. The average molecular weight is 345 g/mol. The van der Waals surface area contributed by atoms with Crippen molar-refractivity contribution in [2.24, 2.45) is 0 Å². The summed E-state index contributed by atoms with van der Waals surface area (Å²) in [6.45, 7) is 1.74. The number of amides is 2. The lowest BCUT2D eigenvalue weighted by atomic mass is 10.3. The summed E-state index contributed by atoms with van der Waals surface area (Å²) in [7, 11) is 0. The lowest BCUT2D eigenvalue weighted by Crippen LogP contribution is -2.34. The van der Waals surface area contributed by atoms with Gasteiger partial charge in [0, 0.05) is 22.7 Å². The standard InChI is InChI=1S/C10H9Cl3FN3OS/c1-6-15-17(19-10(12,13)14)9(18)16(6)8-4-2-3-7(11)5-8/h2-6,15H,1H3. The predicted molar refractivity (Wildman–Crippen MR) is 76.9 cm³/mol. The summed E-state index contributed by atoms with van der Waals surface area (Å²) in [5.41, 5.74) is 3.34.